The molecule has 0 saturated carbocycles. The fourth-order valence-electron chi connectivity index (χ4n) is 2.16. The van der Waals surface area contributed by atoms with E-state index in [-0.39, 0.29) is 0 Å². The molecule has 1 heteroatoms. The average molecular weight is 238 g/mol. The van der Waals surface area contributed by atoms with Gasteiger partial charge in [0, 0.05) is 7.11 Å². The van der Waals surface area contributed by atoms with Crippen molar-refractivity contribution in [3.63, 3.8) is 0 Å². The van der Waals surface area contributed by atoms with Gasteiger partial charge in [-0.05, 0) is 29.2 Å². The summed E-state index contributed by atoms with van der Waals surface area (Å²) in [6.45, 7) is 2.78. The predicted octanol–water partition coefficient (Wildman–Crippen LogP) is 4.15. The summed E-state index contributed by atoms with van der Waals surface area (Å²) in [4.78, 5) is 0. The number of methoxy groups -OCH3 is 1. The third kappa shape index (κ3) is 2.88. The van der Waals surface area contributed by atoms with Crippen molar-refractivity contribution in [1.29, 1.82) is 0 Å². The zero-order chi connectivity index (χ0) is 12.8. The highest BCUT2D eigenvalue weighted by molar-refractivity contribution is 5.81. The van der Waals surface area contributed by atoms with Gasteiger partial charge in [-0.1, -0.05) is 60.7 Å². The monoisotopic (exact) mass is 238 g/mol. The Morgan fingerprint density at radius 3 is 1.67 bits per heavy atom. The smallest absolute Gasteiger partial charge is 0.0679 e. The summed E-state index contributed by atoms with van der Waals surface area (Å²) < 4.78 is 5.27. The quantitative estimate of drug-likeness (QED) is 0.777. The molecule has 2 aromatic rings. The first-order chi connectivity index (χ1) is 8.83. The topological polar surface area (TPSA) is 9.23 Å². The molecule has 0 aliphatic rings. The SMILES string of the molecule is COCC(C)=C(c1ccccc1)c1ccccc1. The Hall–Kier alpha value is -1.86. The van der Waals surface area contributed by atoms with Gasteiger partial charge in [-0.3, -0.25) is 0 Å². The molecule has 0 bridgehead atoms. The van der Waals surface area contributed by atoms with Gasteiger partial charge in [-0.2, -0.15) is 0 Å². The number of ether oxygens (including phenoxy) is 1. The zero-order valence-electron chi connectivity index (χ0n) is 10.9. The summed E-state index contributed by atoms with van der Waals surface area (Å²) in [5.74, 6) is 0. The second kappa shape index (κ2) is 6.18. The Morgan fingerprint density at radius 1 is 0.833 bits per heavy atom. The van der Waals surface area contributed by atoms with Crippen LogP contribution in [0.3, 0.4) is 0 Å². The minimum atomic E-state index is 0.652. The molecule has 1 nitrogen and oxygen atoms in total. The lowest BCUT2D eigenvalue weighted by Gasteiger charge is -2.13. The Kier molecular flexibility index (Phi) is 4.32. The lowest BCUT2D eigenvalue weighted by atomic mass is 9.94. The van der Waals surface area contributed by atoms with Gasteiger partial charge in [0.15, 0.2) is 0 Å². The van der Waals surface area contributed by atoms with E-state index >= 15 is 0 Å². The van der Waals surface area contributed by atoms with Crippen LogP contribution in [-0.2, 0) is 4.74 Å². The summed E-state index contributed by atoms with van der Waals surface area (Å²) in [6.07, 6.45) is 0. The van der Waals surface area contributed by atoms with Crippen LogP contribution in [-0.4, -0.2) is 13.7 Å². The fourth-order valence-corrected chi connectivity index (χ4v) is 2.16. The maximum Gasteiger partial charge on any atom is 0.0679 e. The third-order valence-corrected chi connectivity index (χ3v) is 2.91. The molecule has 0 N–H and O–H groups in total. The van der Waals surface area contributed by atoms with Crippen LogP contribution in [0.2, 0.25) is 0 Å². The molecule has 0 aromatic heterocycles. The van der Waals surface area contributed by atoms with E-state index in [4.69, 9.17) is 4.74 Å². The molecular formula is C17H18O. The first kappa shape index (κ1) is 12.6. The molecule has 0 aliphatic carbocycles. The van der Waals surface area contributed by atoms with Gasteiger partial charge < -0.3 is 4.74 Å². The second-order valence-corrected chi connectivity index (χ2v) is 4.32. The van der Waals surface area contributed by atoms with Crippen molar-refractivity contribution >= 4 is 5.57 Å². The Bertz CT molecular complexity index is 470. The minimum Gasteiger partial charge on any atom is -0.380 e. The van der Waals surface area contributed by atoms with Crippen molar-refractivity contribution < 1.29 is 4.74 Å². The van der Waals surface area contributed by atoms with E-state index in [1.807, 2.05) is 12.1 Å². The lowest BCUT2D eigenvalue weighted by Crippen LogP contribution is -1.97. The largest absolute Gasteiger partial charge is 0.380 e. The Balaban J connectivity index is 2.52. The summed E-state index contributed by atoms with van der Waals surface area (Å²) in [6, 6.07) is 20.9. The van der Waals surface area contributed by atoms with Crippen LogP contribution in [0.4, 0.5) is 0 Å². The maximum atomic E-state index is 5.27. The first-order valence-corrected chi connectivity index (χ1v) is 6.12. The molecule has 0 unspecified atom stereocenters. The number of hydrogen-bond acceptors (Lipinski definition) is 1. The highest BCUT2D eigenvalue weighted by Gasteiger charge is 2.08. The predicted molar refractivity (Wildman–Crippen MR) is 76.5 cm³/mol. The molecule has 92 valence electrons. The van der Waals surface area contributed by atoms with E-state index in [0.717, 1.165) is 0 Å². The minimum absolute atomic E-state index is 0.652. The van der Waals surface area contributed by atoms with Crippen LogP contribution in [0.5, 0.6) is 0 Å². The summed E-state index contributed by atoms with van der Waals surface area (Å²) in [5, 5.41) is 0. The van der Waals surface area contributed by atoms with E-state index in [1.54, 1.807) is 7.11 Å². The molecule has 18 heavy (non-hydrogen) atoms. The van der Waals surface area contributed by atoms with Crippen molar-refractivity contribution in [2.75, 3.05) is 13.7 Å². The van der Waals surface area contributed by atoms with E-state index in [1.165, 1.54) is 22.3 Å². The van der Waals surface area contributed by atoms with Crippen molar-refractivity contribution in [2.24, 2.45) is 0 Å². The van der Waals surface area contributed by atoms with Gasteiger partial charge in [0.1, 0.15) is 0 Å². The van der Waals surface area contributed by atoms with Crippen LogP contribution in [0.1, 0.15) is 18.1 Å². The van der Waals surface area contributed by atoms with E-state index in [0.29, 0.717) is 6.61 Å². The van der Waals surface area contributed by atoms with Gasteiger partial charge >= 0.3 is 0 Å². The summed E-state index contributed by atoms with van der Waals surface area (Å²) >= 11 is 0. The molecule has 0 heterocycles. The molecule has 0 amide bonds. The molecule has 2 rings (SSSR count). The van der Waals surface area contributed by atoms with Gasteiger partial charge in [0.2, 0.25) is 0 Å². The van der Waals surface area contributed by atoms with Crippen molar-refractivity contribution in [2.45, 2.75) is 6.92 Å². The maximum absolute atomic E-state index is 5.27. The molecule has 0 saturated heterocycles. The van der Waals surface area contributed by atoms with E-state index in [9.17, 15) is 0 Å². The summed E-state index contributed by atoms with van der Waals surface area (Å²) in [7, 11) is 1.73. The van der Waals surface area contributed by atoms with Gasteiger partial charge in [0.25, 0.3) is 0 Å². The molecule has 0 aliphatic heterocycles. The summed E-state index contributed by atoms with van der Waals surface area (Å²) in [5.41, 5.74) is 4.98. The van der Waals surface area contributed by atoms with Gasteiger partial charge in [-0.25, -0.2) is 0 Å². The number of hydrogen-bond donors (Lipinski definition) is 0. The Morgan fingerprint density at radius 2 is 1.28 bits per heavy atom. The average Bonchev–Trinajstić information content (AvgIpc) is 2.42. The normalized spacial score (nSPS) is 10.1. The Labute approximate surface area is 109 Å². The first-order valence-electron chi connectivity index (χ1n) is 6.12. The molecule has 0 fully saturated rings. The molecule has 0 radical (unpaired) electrons. The van der Waals surface area contributed by atoms with E-state index < -0.39 is 0 Å². The standard InChI is InChI=1S/C17H18O/c1-14(13-18-2)17(15-9-5-3-6-10-15)16-11-7-4-8-12-16/h3-12H,13H2,1-2H3. The molecule has 0 atom stereocenters. The highest BCUT2D eigenvalue weighted by Crippen LogP contribution is 2.26. The molecule has 0 spiro atoms. The van der Waals surface area contributed by atoms with Crippen molar-refractivity contribution in [1.82, 2.24) is 0 Å². The van der Waals surface area contributed by atoms with E-state index in [2.05, 4.69) is 55.5 Å². The lowest BCUT2D eigenvalue weighted by molar-refractivity contribution is 0.226. The van der Waals surface area contributed by atoms with Crippen molar-refractivity contribution in [3.05, 3.63) is 77.4 Å². The second-order valence-electron chi connectivity index (χ2n) is 4.32. The van der Waals surface area contributed by atoms with Crippen LogP contribution in [0.15, 0.2) is 66.2 Å². The van der Waals surface area contributed by atoms with Gasteiger partial charge in [-0.15, -0.1) is 0 Å². The third-order valence-electron chi connectivity index (χ3n) is 2.91. The van der Waals surface area contributed by atoms with Crippen LogP contribution in [0.25, 0.3) is 5.57 Å². The molecule has 2 aromatic carbocycles. The van der Waals surface area contributed by atoms with Crippen LogP contribution >= 0.6 is 0 Å². The fraction of sp³-hybridized carbons (Fsp3) is 0.176. The van der Waals surface area contributed by atoms with Crippen molar-refractivity contribution in [3.8, 4) is 0 Å². The number of rotatable bonds is 4. The van der Waals surface area contributed by atoms with Crippen LogP contribution < -0.4 is 0 Å². The van der Waals surface area contributed by atoms with Crippen LogP contribution in [0, 0.1) is 0 Å². The zero-order valence-corrected chi connectivity index (χ0v) is 10.9. The highest BCUT2D eigenvalue weighted by atomic mass is 16.5. The number of benzene rings is 2. The van der Waals surface area contributed by atoms with Gasteiger partial charge in [0.05, 0.1) is 6.61 Å². The molecular weight excluding hydrogens is 220 g/mol.